The minimum absolute atomic E-state index is 0.0766. The van der Waals surface area contributed by atoms with Crippen molar-refractivity contribution < 1.29 is 17.9 Å². The maximum atomic E-state index is 13.0. The van der Waals surface area contributed by atoms with Crippen molar-refractivity contribution in [2.45, 2.75) is 32.2 Å². The summed E-state index contributed by atoms with van der Waals surface area (Å²) < 4.78 is 29.3. The van der Waals surface area contributed by atoms with Gasteiger partial charge in [0.25, 0.3) is 5.91 Å². The largest absolute Gasteiger partial charge is 0.488 e. The number of para-hydroxylation sites is 1. The quantitative estimate of drug-likeness (QED) is 0.818. The Morgan fingerprint density at radius 1 is 1.33 bits per heavy atom. The van der Waals surface area contributed by atoms with E-state index < -0.39 is 9.84 Å². The Bertz CT molecular complexity index is 754. The van der Waals surface area contributed by atoms with E-state index in [9.17, 15) is 13.2 Å². The summed E-state index contributed by atoms with van der Waals surface area (Å²) in [5.74, 6) is 0.928. The SMILES string of the molecule is CCCCN(C(=O)C1=Cc2ccccc2OC1)C1CCS(=O)(=O)C1. The van der Waals surface area contributed by atoms with Crippen LogP contribution in [-0.4, -0.2) is 49.9 Å². The molecule has 1 atom stereocenters. The third-order valence-corrected chi connectivity index (χ3v) is 6.32. The predicted octanol–water partition coefficient (Wildman–Crippen LogP) is 2.28. The van der Waals surface area contributed by atoms with Crippen LogP contribution >= 0.6 is 0 Å². The highest BCUT2D eigenvalue weighted by Gasteiger charge is 2.35. The van der Waals surface area contributed by atoms with E-state index in [4.69, 9.17) is 4.74 Å². The van der Waals surface area contributed by atoms with Crippen molar-refractivity contribution in [1.82, 2.24) is 4.90 Å². The van der Waals surface area contributed by atoms with Gasteiger partial charge in [0.2, 0.25) is 0 Å². The van der Waals surface area contributed by atoms with Gasteiger partial charge in [-0.3, -0.25) is 4.79 Å². The van der Waals surface area contributed by atoms with E-state index in [0.717, 1.165) is 24.2 Å². The van der Waals surface area contributed by atoms with Crippen LogP contribution in [0.5, 0.6) is 5.75 Å². The predicted molar refractivity (Wildman–Crippen MR) is 93.6 cm³/mol. The fraction of sp³-hybridized carbons (Fsp3) is 0.500. The number of hydrogen-bond donors (Lipinski definition) is 0. The molecule has 3 rings (SSSR count). The monoisotopic (exact) mass is 349 g/mol. The van der Waals surface area contributed by atoms with Crippen molar-refractivity contribution in [1.29, 1.82) is 0 Å². The molecule has 1 fully saturated rings. The minimum atomic E-state index is -3.02. The molecule has 0 radical (unpaired) electrons. The number of sulfone groups is 1. The van der Waals surface area contributed by atoms with Gasteiger partial charge in [-0.25, -0.2) is 8.42 Å². The zero-order valence-corrected chi connectivity index (χ0v) is 14.7. The number of ether oxygens (including phenoxy) is 1. The Hall–Kier alpha value is -1.82. The molecule has 2 aliphatic heterocycles. The second-order valence-corrected chi connectivity index (χ2v) is 8.63. The lowest BCUT2D eigenvalue weighted by atomic mass is 10.1. The second-order valence-electron chi connectivity index (χ2n) is 6.41. The van der Waals surface area contributed by atoms with Gasteiger partial charge in [-0.2, -0.15) is 0 Å². The lowest BCUT2D eigenvalue weighted by molar-refractivity contribution is -0.129. The zero-order valence-electron chi connectivity index (χ0n) is 13.9. The number of amides is 1. The van der Waals surface area contributed by atoms with Crippen molar-refractivity contribution >= 4 is 21.8 Å². The number of carbonyl (C=O) groups excluding carboxylic acids is 1. The maximum absolute atomic E-state index is 13.0. The Morgan fingerprint density at radius 3 is 2.83 bits per heavy atom. The molecular formula is C18H23NO4S. The first-order chi connectivity index (χ1) is 11.5. The van der Waals surface area contributed by atoms with Gasteiger partial charge in [0, 0.05) is 18.2 Å². The molecule has 24 heavy (non-hydrogen) atoms. The molecule has 1 saturated heterocycles. The first kappa shape index (κ1) is 17.0. The minimum Gasteiger partial charge on any atom is -0.488 e. The first-order valence-electron chi connectivity index (χ1n) is 8.44. The van der Waals surface area contributed by atoms with Crippen LogP contribution < -0.4 is 4.74 Å². The number of fused-ring (bicyclic) bond motifs is 1. The standard InChI is InChI=1S/C18H23NO4S/c1-2-3-9-19(16-8-10-24(21,22)13-16)18(20)15-11-14-6-4-5-7-17(14)23-12-15/h4-7,11,16H,2-3,8-10,12-13H2,1H3. The molecule has 6 heteroatoms. The number of benzene rings is 1. The summed E-state index contributed by atoms with van der Waals surface area (Å²) in [7, 11) is -3.02. The van der Waals surface area contributed by atoms with Gasteiger partial charge in [0.1, 0.15) is 12.4 Å². The van der Waals surface area contributed by atoms with Crippen LogP contribution in [0, 0.1) is 0 Å². The number of hydrogen-bond acceptors (Lipinski definition) is 4. The third kappa shape index (κ3) is 3.64. The topological polar surface area (TPSA) is 63.7 Å². The lowest BCUT2D eigenvalue weighted by Gasteiger charge is -2.30. The van der Waals surface area contributed by atoms with Crippen molar-refractivity contribution in [2.24, 2.45) is 0 Å². The van der Waals surface area contributed by atoms with Gasteiger partial charge in [-0.1, -0.05) is 31.5 Å². The smallest absolute Gasteiger partial charge is 0.253 e. The molecule has 0 spiro atoms. The fourth-order valence-electron chi connectivity index (χ4n) is 3.22. The molecule has 2 heterocycles. The van der Waals surface area contributed by atoms with Gasteiger partial charge in [0.05, 0.1) is 17.1 Å². The molecular weight excluding hydrogens is 326 g/mol. The van der Waals surface area contributed by atoms with E-state index in [1.54, 1.807) is 4.90 Å². The van der Waals surface area contributed by atoms with E-state index in [2.05, 4.69) is 6.92 Å². The normalized spacial score (nSPS) is 21.5. The Morgan fingerprint density at radius 2 is 2.12 bits per heavy atom. The molecule has 0 aliphatic carbocycles. The van der Waals surface area contributed by atoms with Crippen LogP contribution in [0.4, 0.5) is 0 Å². The molecule has 0 N–H and O–H groups in total. The van der Waals surface area contributed by atoms with Crippen molar-refractivity contribution in [2.75, 3.05) is 24.7 Å². The average molecular weight is 349 g/mol. The van der Waals surface area contributed by atoms with E-state index in [0.29, 0.717) is 18.5 Å². The molecule has 0 aromatic heterocycles. The van der Waals surface area contributed by atoms with Gasteiger partial charge >= 0.3 is 0 Å². The van der Waals surface area contributed by atoms with Gasteiger partial charge in [0.15, 0.2) is 9.84 Å². The number of unbranched alkanes of at least 4 members (excludes halogenated alkanes) is 1. The van der Waals surface area contributed by atoms with E-state index in [1.165, 1.54) is 0 Å². The highest BCUT2D eigenvalue weighted by Crippen LogP contribution is 2.28. The molecule has 5 nitrogen and oxygen atoms in total. The van der Waals surface area contributed by atoms with Crippen molar-refractivity contribution in [3.05, 3.63) is 35.4 Å². The van der Waals surface area contributed by atoms with E-state index >= 15 is 0 Å². The Kier molecular flexibility index (Phi) is 4.94. The van der Waals surface area contributed by atoms with Gasteiger partial charge in [-0.05, 0) is 25.0 Å². The summed E-state index contributed by atoms with van der Waals surface area (Å²) in [6.45, 7) is 2.89. The summed E-state index contributed by atoms with van der Waals surface area (Å²) in [6.07, 6.45) is 4.22. The Balaban J connectivity index is 1.83. The van der Waals surface area contributed by atoms with Crippen LogP contribution in [0.1, 0.15) is 31.7 Å². The van der Waals surface area contributed by atoms with Crippen LogP contribution in [0.25, 0.3) is 6.08 Å². The number of rotatable bonds is 5. The van der Waals surface area contributed by atoms with Crippen molar-refractivity contribution in [3.8, 4) is 5.75 Å². The highest BCUT2D eigenvalue weighted by atomic mass is 32.2. The molecule has 1 aromatic carbocycles. The van der Waals surface area contributed by atoms with Gasteiger partial charge in [-0.15, -0.1) is 0 Å². The van der Waals surface area contributed by atoms with Crippen molar-refractivity contribution in [3.63, 3.8) is 0 Å². The Labute approximate surface area is 143 Å². The molecule has 130 valence electrons. The zero-order chi connectivity index (χ0) is 17.2. The summed E-state index contributed by atoms with van der Waals surface area (Å²) >= 11 is 0. The lowest BCUT2D eigenvalue weighted by Crippen LogP contribution is -2.43. The maximum Gasteiger partial charge on any atom is 0.253 e. The van der Waals surface area contributed by atoms with Crippen LogP contribution in [-0.2, 0) is 14.6 Å². The van der Waals surface area contributed by atoms with Crippen LogP contribution in [0.3, 0.4) is 0 Å². The molecule has 1 unspecified atom stereocenters. The first-order valence-corrected chi connectivity index (χ1v) is 10.3. The molecule has 1 amide bonds. The summed E-state index contributed by atoms with van der Waals surface area (Å²) in [4.78, 5) is 14.7. The van der Waals surface area contributed by atoms with Gasteiger partial charge < -0.3 is 9.64 Å². The molecule has 0 saturated carbocycles. The number of nitrogens with zero attached hydrogens (tertiary/aromatic N) is 1. The number of carbonyl (C=O) groups is 1. The third-order valence-electron chi connectivity index (χ3n) is 4.57. The molecule has 0 bridgehead atoms. The van der Waals surface area contributed by atoms with Crippen LogP contribution in [0.2, 0.25) is 0 Å². The second kappa shape index (κ2) is 6.97. The highest BCUT2D eigenvalue weighted by molar-refractivity contribution is 7.91. The van der Waals surface area contributed by atoms with E-state index in [-0.39, 0.29) is 30.1 Å². The summed E-state index contributed by atoms with van der Waals surface area (Å²) in [5, 5.41) is 0. The fourth-order valence-corrected chi connectivity index (χ4v) is 4.95. The van der Waals surface area contributed by atoms with Crippen LogP contribution in [0.15, 0.2) is 29.8 Å². The molecule has 2 aliphatic rings. The summed E-state index contributed by atoms with van der Waals surface area (Å²) in [5.41, 5.74) is 1.48. The summed E-state index contributed by atoms with van der Waals surface area (Å²) in [6, 6.07) is 7.39. The van der Waals surface area contributed by atoms with E-state index in [1.807, 2.05) is 30.3 Å². The molecule has 1 aromatic rings. The average Bonchev–Trinajstić information content (AvgIpc) is 2.94.